The Hall–Kier alpha value is -3.15. The Bertz CT molecular complexity index is 939. The molecular weight excluding hydrogens is 392 g/mol. The molecule has 2 aliphatic heterocycles. The quantitative estimate of drug-likeness (QED) is 0.707. The van der Waals surface area contributed by atoms with Crippen LogP contribution < -0.4 is 0 Å². The zero-order chi connectivity index (χ0) is 21.8. The maximum atomic E-state index is 13.4. The van der Waals surface area contributed by atoms with Gasteiger partial charge in [-0.15, -0.1) is 0 Å². The molecule has 2 fully saturated rings. The first-order valence-electron chi connectivity index (χ1n) is 10.8. The van der Waals surface area contributed by atoms with Gasteiger partial charge < -0.3 is 9.64 Å². The van der Waals surface area contributed by atoms with E-state index in [4.69, 9.17) is 4.74 Å². The number of piperidine rings is 2. The molecule has 1 unspecified atom stereocenters. The Labute approximate surface area is 182 Å². The summed E-state index contributed by atoms with van der Waals surface area (Å²) < 4.78 is 5.48. The Morgan fingerprint density at radius 1 is 1.00 bits per heavy atom. The number of hydrogen-bond acceptors (Lipinski definition) is 4. The topological polar surface area (TPSA) is 66.9 Å². The largest absolute Gasteiger partial charge is 0.445 e. The van der Waals surface area contributed by atoms with E-state index in [0.29, 0.717) is 38.8 Å². The number of imide groups is 1. The molecule has 6 nitrogen and oxygen atoms in total. The number of benzene rings is 2. The van der Waals surface area contributed by atoms with Crippen LogP contribution in [0, 0.1) is 5.92 Å². The summed E-state index contributed by atoms with van der Waals surface area (Å²) in [7, 11) is 1.58. The first-order valence-corrected chi connectivity index (χ1v) is 10.8. The summed E-state index contributed by atoms with van der Waals surface area (Å²) in [5.41, 5.74) is 1.20. The number of nitrogens with zero attached hydrogens (tertiary/aromatic N) is 2. The lowest BCUT2D eigenvalue weighted by Crippen LogP contribution is -2.57. The average Bonchev–Trinajstić information content (AvgIpc) is 2.83. The Morgan fingerprint density at radius 3 is 2.26 bits per heavy atom. The van der Waals surface area contributed by atoms with Gasteiger partial charge in [0.15, 0.2) is 0 Å². The van der Waals surface area contributed by atoms with E-state index in [-0.39, 0.29) is 30.4 Å². The molecule has 0 aromatic heterocycles. The number of rotatable bonds is 4. The summed E-state index contributed by atoms with van der Waals surface area (Å²) in [6, 6.07) is 19.4. The molecule has 2 aromatic rings. The number of hydrogen-bond donors (Lipinski definition) is 0. The minimum atomic E-state index is -0.718. The first-order chi connectivity index (χ1) is 15.0. The van der Waals surface area contributed by atoms with Gasteiger partial charge in [0.25, 0.3) is 0 Å². The molecule has 0 radical (unpaired) electrons. The van der Waals surface area contributed by atoms with Crippen molar-refractivity contribution in [3.8, 4) is 0 Å². The molecule has 0 saturated carbocycles. The highest BCUT2D eigenvalue weighted by molar-refractivity contribution is 6.03. The van der Waals surface area contributed by atoms with E-state index in [0.717, 1.165) is 11.1 Å². The van der Waals surface area contributed by atoms with Crippen LogP contribution in [0.25, 0.3) is 0 Å². The van der Waals surface area contributed by atoms with Gasteiger partial charge >= 0.3 is 6.09 Å². The Kier molecular flexibility index (Phi) is 6.07. The van der Waals surface area contributed by atoms with Crippen LogP contribution in [0.4, 0.5) is 4.79 Å². The minimum absolute atomic E-state index is 0.0659. The lowest BCUT2D eigenvalue weighted by molar-refractivity contribution is -0.154. The first kappa shape index (κ1) is 21.1. The van der Waals surface area contributed by atoms with Crippen molar-refractivity contribution >= 4 is 17.9 Å². The molecule has 2 saturated heterocycles. The molecule has 2 aliphatic rings. The van der Waals surface area contributed by atoms with Crippen LogP contribution in [-0.4, -0.2) is 47.8 Å². The second kappa shape index (κ2) is 8.92. The number of likely N-dealkylation sites (N-methyl/N-ethyl adjacent to an activating group) is 1. The van der Waals surface area contributed by atoms with Gasteiger partial charge in [-0.2, -0.15) is 0 Å². The third-order valence-electron chi connectivity index (χ3n) is 6.74. The average molecular weight is 421 g/mol. The van der Waals surface area contributed by atoms with Crippen LogP contribution >= 0.6 is 0 Å². The third-order valence-corrected chi connectivity index (χ3v) is 6.74. The predicted octanol–water partition coefficient (Wildman–Crippen LogP) is 3.75. The van der Waals surface area contributed by atoms with Gasteiger partial charge in [0, 0.05) is 26.6 Å². The van der Waals surface area contributed by atoms with Crippen LogP contribution in [0.1, 0.15) is 36.8 Å². The predicted molar refractivity (Wildman–Crippen MR) is 116 cm³/mol. The van der Waals surface area contributed by atoms with E-state index in [1.165, 1.54) is 4.90 Å². The second-order valence-corrected chi connectivity index (χ2v) is 8.40. The van der Waals surface area contributed by atoms with Gasteiger partial charge in [0.05, 0.1) is 5.41 Å². The van der Waals surface area contributed by atoms with Gasteiger partial charge in [0.1, 0.15) is 6.61 Å². The van der Waals surface area contributed by atoms with Gasteiger partial charge in [-0.1, -0.05) is 60.7 Å². The lowest BCUT2D eigenvalue weighted by Gasteiger charge is -2.47. The fourth-order valence-electron chi connectivity index (χ4n) is 4.97. The third kappa shape index (κ3) is 4.07. The molecule has 3 amide bonds. The zero-order valence-electron chi connectivity index (χ0n) is 17.8. The number of carbonyl (C=O) groups is 3. The van der Waals surface area contributed by atoms with E-state index in [1.807, 2.05) is 60.7 Å². The number of likely N-dealkylation sites (tertiary alicyclic amines) is 2. The van der Waals surface area contributed by atoms with Crippen LogP contribution in [0.2, 0.25) is 0 Å². The van der Waals surface area contributed by atoms with Crippen molar-refractivity contribution in [3.05, 3.63) is 71.8 Å². The van der Waals surface area contributed by atoms with Crippen molar-refractivity contribution in [1.29, 1.82) is 0 Å². The molecule has 0 aliphatic carbocycles. The zero-order valence-corrected chi connectivity index (χ0v) is 17.8. The molecule has 31 heavy (non-hydrogen) atoms. The normalized spacial score (nSPS) is 22.5. The summed E-state index contributed by atoms with van der Waals surface area (Å²) in [6.45, 7) is 1.33. The molecule has 6 heteroatoms. The number of ether oxygens (including phenoxy) is 1. The van der Waals surface area contributed by atoms with Crippen LogP contribution in [0.5, 0.6) is 0 Å². The standard InChI is InChI=1S/C25H28N2O4/c1-26-22(28)12-15-25(23(26)29,20-10-6-3-7-11-20)21-13-16-27(17-14-21)24(30)31-18-19-8-4-2-5-9-19/h2-11,21H,12-18H2,1H3. The van der Waals surface area contributed by atoms with Crippen molar-refractivity contribution < 1.29 is 19.1 Å². The molecule has 1 atom stereocenters. The molecule has 0 spiro atoms. The molecule has 0 N–H and O–H groups in total. The summed E-state index contributed by atoms with van der Waals surface area (Å²) in [5.74, 6) is -0.186. The maximum Gasteiger partial charge on any atom is 0.410 e. The van der Waals surface area contributed by atoms with Crippen molar-refractivity contribution in [2.24, 2.45) is 5.92 Å². The van der Waals surface area contributed by atoms with Crippen LogP contribution in [-0.2, 0) is 26.3 Å². The molecule has 4 rings (SSSR count). The van der Waals surface area contributed by atoms with E-state index < -0.39 is 5.41 Å². The van der Waals surface area contributed by atoms with E-state index in [2.05, 4.69) is 0 Å². The summed E-state index contributed by atoms with van der Waals surface area (Å²) in [6.07, 6.45) is 1.95. The monoisotopic (exact) mass is 420 g/mol. The van der Waals surface area contributed by atoms with Gasteiger partial charge in [-0.25, -0.2) is 4.79 Å². The molecule has 0 bridgehead atoms. The highest BCUT2D eigenvalue weighted by Gasteiger charge is 2.52. The van der Waals surface area contributed by atoms with Crippen molar-refractivity contribution in [1.82, 2.24) is 9.80 Å². The lowest BCUT2D eigenvalue weighted by atomic mass is 9.62. The van der Waals surface area contributed by atoms with Crippen LogP contribution in [0.3, 0.4) is 0 Å². The molecular formula is C25H28N2O4. The smallest absolute Gasteiger partial charge is 0.410 e. The number of carbonyl (C=O) groups excluding carboxylic acids is 3. The minimum Gasteiger partial charge on any atom is -0.445 e. The number of amides is 3. The van der Waals surface area contributed by atoms with Crippen molar-refractivity contribution in [3.63, 3.8) is 0 Å². The van der Waals surface area contributed by atoms with Gasteiger partial charge in [0.2, 0.25) is 11.8 Å². The Morgan fingerprint density at radius 2 is 1.61 bits per heavy atom. The molecule has 162 valence electrons. The summed E-state index contributed by atoms with van der Waals surface area (Å²) in [5, 5.41) is 0. The summed E-state index contributed by atoms with van der Waals surface area (Å²) in [4.78, 5) is 41.2. The highest BCUT2D eigenvalue weighted by atomic mass is 16.6. The van der Waals surface area contributed by atoms with E-state index in [9.17, 15) is 14.4 Å². The fourth-order valence-corrected chi connectivity index (χ4v) is 4.97. The SMILES string of the molecule is CN1C(=O)CCC(c2ccccc2)(C2CCN(C(=O)OCc3ccccc3)CC2)C1=O. The summed E-state index contributed by atoms with van der Waals surface area (Å²) >= 11 is 0. The van der Waals surface area contributed by atoms with Gasteiger partial charge in [-0.3, -0.25) is 14.5 Å². The Balaban J connectivity index is 1.46. The maximum absolute atomic E-state index is 13.4. The van der Waals surface area contributed by atoms with Crippen molar-refractivity contribution in [2.75, 3.05) is 20.1 Å². The molecule has 2 heterocycles. The van der Waals surface area contributed by atoms with E-state index in [1.54, 1.807) is 11.9 Å². The second-order valence-electron chi connectivity index (χ2n) is 8.40. The van der Waals surface area contributed by atoms with Crippen LogP contribution in [0.15, 0.2) is 60.7 Å². The molecule has 2 aromatic carbocycles. The van der Waals surface area contributed by atoms with Gasteiger partial charge in [-0.05, 0) is 36.3 Å². The van der Waals surface area contributed by atoms with Crippen molar-refractivity contribution in [2.45, 2.75) is 37.7 Å². The highest BCUT2D eigenvalue weighted by Crippen LogP contribution is 2.45. The fraction of sp³-hybridized carbons (Fsp3) is 0.400. The van der Waals surface area contributed by atoms with E-state index >= 15 is 0 Å².